The smallest absolute Gasteiger partial charge is 0.243 e. The van der Waals surface area contributed by atoms with E-state index in [4.69, 9.17) is 9.47 Å². The van der Waals surface area contributed by atoms with Gasteiger partial charge in [0.25, 0.3) is 0 Å². The second kappa shape index (κ2) is 7.01. The number of sulfonamides is 1. The molecule has 1 aliphatic rings. The van der Waals surface area contributed by atoms with E-state index < -0.39 is 15.8 Å². The van der Waals surface area contributed by atoms with Crippen molar-refractivity contribution in [2.45, 2.75) is 23.8 Å². The summed E-state index contributed by atoms with van der Waals surface area (Å²) in [6.45, 7) is 0.409. The zero-order valence-electron chi connectivity index (χ0n) is 14.1. The molecule has 5 nitrogen and oxygen atoms in total. The summed E-state index contributed by atoms with van der Waals surface area (Å²) in [6, 6.07) is 10.8. The van der Waals surface area contributed by atoms with Gasteiger partial charge in [0.2, 0.25) is 10.0 Å². The lowest BCUT2D eigenvalue weighted by molar-refractivity contribution is 0.383. The van der Waals surface area contributed by atoms with E-state index in [0.717, 1.165) is 24.5 Å². The number of hydrogen-bond donors (Lipinski definition) is 0. The molecular weight excluding hydrogens is 345 g/mol. The maximum Gasteiger partial charge on any atom is 0.243 e. The number of nitrogens with zero attached hydrogens (tertiary/aromatic N) is 1. The quantitative estimate of drug-likeness (QED) is 0.815. The normalized spacial score (nSPS) is 18.3. The van der Waals surface area contributed by atoms with Gasteiger partial charge in [-0.15, -0.1) is 0 Å². The largest absolute Gasteiger partial charge is 0.497 e. The van der Waals surface area contributed by atoms with Crippen molar-refractivity contribution in [3.05, 3.63) is 53.8 Å². The van der Waals surface area contributed by atoms with Crippen LogP contribution in [-0.2, 0) is 10.0 Å². The lowest BCUT2D eigenvalue weighted by Gasteiger charge is -2.24. The molecule has 1 saturated heterocycles. The van der Waals surface area contributed by atoms with Gasteiger partial charge in [0, 0.05) is 6.54 Å². The van der Waals surface area contributed by atoms with Crippen molar-refractivity contribution < 1.29 is 22.3 Å². The molecule has 1 unspecified atom stereocenters. The van der Waals surface area contributed by atoms with E-state index in [9.17, 15) is 12.8 Å². The van der Waals surface area contributed by atoms with Crippen LogP contribution in [0, 0.1) is 5.82 Å². The van der Waals surface area contributed by atoms with Gasteiger partial charge in [-0.1, -0.05) is 12.1 Å². The number of benzene rings is 2. The summed E-state index contributed by atoms with van der Waals surface area (Å²) < 4.78 is 51.4. The van der Waals surface area contributed by atoms with Gasteiger partial charge >= 0.3 is 0 Å². The van der Waals surface area contributed by atoms with Gasteiger partial charge in [0.15, 0.2) is 11.6 Å². The van der Waals surface area contributed by atoms with Gasteiger partial charge in [0.05, 0.1) is 25.2 Å². The number of ether oxygens (including phenoxy) is 2. The molecule has 1 atom stereocenters. The van der Waals surface area contributed by atoms with E-state index in [1.807, 2.05) is 24.3 Å². The molecule has 134 valence electrons. The number of rotatable bonds is 5. The molecule has 0 amide bonds. The van der Waals surface area contributed by atoms with Crippen molar-refractivity contribution in [1.82, 2.24) is 4.31 Å². The van der Waals surface area contributed by atoms with Gasteiger partial charge in [-0.3, -0.25) is 0 Å². The molecule has 0 saturated carbocycles. The lowest BCUT2D eigenvalue weighted by atomic mass is 10.1. The van der Waals surface area contributed by atoms with E-state index in [-0.39, 0.29) is 16.7 Å². The van der Waals surface area contributed by atoms with Crippen LogP contribution in [0.1, 0.15) is 24.4 Å². The molecular formula is C18H20FNO4S. The van der Waals surface area contributed by atoms with Crippen molar-refractivity contribution in [3.8, 4) is 11.5 Å². The Morgan fingerprint density at radius 3 is 2.40 bits per heavy atom. The first-order chi connectivity index (χ1) is 12.0. The third-order valence-corrected chi connectivity index (χ3v) is 6.34. The van der Waals surface area contributed by atoms with Gasteiger partial charge in [-0.05, 0) is 48.7 Å². The summed E-state index contributed by atoms with van der Waals surface area (Å²) in [5.74, 6) is 0.0456. The minimum atomic E-state index is -3.79. The molecule has 25 heavy (non-hydrogen) atoms. The van der Waals surface area contributed by atoms with E-state index in [0.29, 0.717) is 12.3 Å². The van der Waals surface area contributed by atoms with Crippen molar-refractivity contribution in [2.24, 2.45) is 0 Å². The van der Waals surface area contributed by atoms with Crippen molar-refractivity contribution in [1.29, 1.82) is 0 Å². The Morgan fingerprint density at radius 2 is 1.80 bits per heavy atom. The summed E-state index contributed by atoms with van der Waals surface area (Å²) in [5.41, 5.74) is 0.899. The SMILES string of the molecule is COc1ccc(C2CCCN2S(=O)(=O)c2ccc(OC)c(F)c2)cc1. The Labute approximate surface area is 147 Å². The maximum atomic E-state index is 13.9. The lowest BCUT2D eigenvalue weighted by Crippen LogP contribution is -2.30. The Kier molecular flexibility index (Phi) is 4.96. The molecule has 0 aliphatic carbocycles. The highest BCUT2D eigenvalue weighted by Gasteiger charge is 2.36. The molecule has 1 aliphatic heterocycles. The fourth-order valence-electron chi connectivity index (χ4n) is 3.13. The predicted octanol–water partition coefficient (Wildman–Crippen LogP) is 3.37. The van der Waals surface area contributed by atoms with E-state index >= 15 is 0 Å². The average Bonchev–Trinajstić information content (AvgIpc) is 3.12. The summed E-state index contributed by atoms with van der Waals surface area (Å²) in [7, 11) is -0.870. The predicted molar refractivity (Wildman–Crippen MR) is 91.8 cm³/mol. The molecule has 2 aromatic carbocycles. The van der Waals surface area contributed by atoms with Crippen molar-refractivity contribution in [3.63, 3.8) is 0 Å². The zero-order chi connectivity index (χ0) is 18.0. The second-order valence-corrected chi connectivity index (χ2v) is 7.73. The standard InChI is InChI=1S/C18H20FNO4S/c1-23-14-7-5-13(6-8-14)17-4-3-11-20(17)25(21,22)15-9-10-18(24-2)16(19)12-15/h5-10,12,17H,3-4,11H2,1-2H3. The highest BCUT2D eigenvalue weighted by molar-refractivity contribution is 7.89. The Bertz CT molecular complexity index is 852. The monoisotopic (exact) mass is 365 g/mol. The molecule has 0 aromatic heterocycles. The summed E-state index contributed by atoms with van der Waals surface area (Å²) in [4.78, 5) is -0.0637. The highest BCUT2D eigenvalue weighted by Crippen LogP contribution is 2.37. The average molecular weight is 365 g/mol. The van der Waals surface area contributed by atoms with Gasteiger partial charge in [0.1, 0.15) is 5.75 Å². The molecule has 1 heterocycles. The molecule has 7 heteroatoms. The van der Waals surface area contributed by atoms with E-state index in [2.05, 4.69) is 0 Å². The summed E-state index contributed by atoms with van der Waals surface area (Å²) in [6.07, 6.45) is 1.48. The molecule has 1 fully saturated rings. The number of hydrogen-bond acceptors (Lipinski definition) is 4. The van der Waals surface area contributed by atoms with Crippen molar-refractivity contribution in [2.75, 3.05) is 20.8 Å². The fourth-order valence-corrected chi connectivity index (χ4v) is 4.82. The van der Waals surface area contributed by atoms with Crippen molar-refractivity contribution >= 4 is 10.0 Å². The minimum Gasteiger partial charge on any atom is -0.497 e. The fraction of sp³-hybridized carbons (Fsp3) is 0.333. The first-order valence-electron chi connectivity index (χ1n) is 7.96. The van der Waals surface area contributed by atoms with Crippen LogP contribution in [0.4, 0.5) is 4.39 Å². The number of halogens is 1. The Hall–Kier alpha value is -2.12. The van der Waals surface area contributed by atoms with Crippen LogP contribution < -0.4 is 9.47 Å². The topological polar surface area (TPSA) is 55.8 Å². The summed E-state index contributed by atoms with van der Waals surface area (Å²) >= 11 is 0. The first-order valence-corrected chi connectivity index (χ1v) is 9.40. The van der Waals surface area contributed by atoms with E-state index in [1.54, 1.807) is 7.11 Å². The first kappa shape index (κ1) is 17.7. The third kappa shape index (κ3) is 3.34. The number of methoxy groups -OCH3 is 2. The van der Waals surface area contributed by atoms with Crippen LogP contribution in [0.3, 0.4) is 0 Å². The van der Waals surface area contributed by atoms with Gasteiger partial charge in [-0.25, -0.2) is 12.8 Å². The van der Waals surface area contributed by atoms with Crippen LogP contribution in [0.25, 0.3) is 0 Å². The Morgan fingerprint density at radius 1 is 1.08 bits per heavy atom. The van der Waals surface area contributed by atoms with E-state index in [1.165, 1.54) is 23.5 Å². The van der Waals surface area contributed by atoms with Gasteiger partial charge in [-0.2, -0.15) is 4.31 Å². The minimum absolute atomic E-state index is 0.0204. The highest BCUT2D eigenvalue weighted by atomic mass is 32.2. The van der Waals surface area contributed by atoms with Crippen LogP contribution in [0.15, 0.2) is 47.4 Å². The second-order valence-electron chi connectivity index (χ2n) is 5.84. The molecule has 0 N–H and O–H groups in total. The molecule has 0 spiro atoms. The zero-order valence-corrected chi connectivity index (χ0v) is 14.9. The van der Waals surface area contributed by atoms with Gasteiger partial charge < -0.3 is 9.47 Å². The maximum absolute atomic E-state index is 13.9. The summed E-state index contributed by atoms with van der Waals surface area (Å²) in [5, 5.41) is 0. The Balaban J connectivity index is 1.93. The van der Waals surface area contributed by atoms with Crippen LogP contribution in [0.2, 0.25) is 0 Å². The van der Waals surface area contributed by atoms with Crippen LogP contribution in [0.5, 0.6) is 11.5 Å². The molecule has 0 bridgehead atoms. The molecule has 2 aromatic rings. The van der Waals surface area contributed by atoms with Crippen LogP contribution in [-0.4, -0.2) is 33.5 Å². The van der Waals surface area contributed by atoms with Crippen LogP contribution >= 0.6 is 0 Å². The molecule has 3 rings (SSSR count). The molecule has 0 radical (unpaired) electrons. The third-order valence-electron chi connectivity index (χ3n) is 4.43.